The van der Waals surface area contributed by atoms with Crippen molar-refractivity contribution >= 4 is 23.5 Å². The number of non-ortho nitro benzene ring substituents is 1. The lowest BCUT2D eigenvalue weighted by atomic mass is 9.91. The Morgan fingerprint density at radius 1 is 1.22 bits per heavy atom. The summed E-state index contributed by atoms with van der Waals surface area (Å²) in [5, 5.41) is 13.6. The second kappa shape index (κ2) is 6.52. The van der Waals surface area contributed by atoms with Gasteiger partial charge in [0.25, 0.3) is 11.6 Å². The maximum atomic E-state index is 12.9. The predicted molar refractivity (Wildman–Crippen MR) is 94.5 cm³/mol. The fourth-order valence-electron chi connectivity index (χ4n) is 2.92. The van der Waals surface area contributed by atoms with Crippen LogP contribution in [-0.4, -0.2) is 27.7 Å². The summed E-state index contributed by atoms with van der Waals surface area (Å²) in [7, 11) is 0. The van der Waals surface area contributed by atoms with Gasteiger partial charge in [-0.05, 0) is 30.2 Å². The largest absolute Gasteiger partial charge is 0.366 e. The van der Waals surface area contributed by atoms with E-state index in [4.69, 9.17) is 5.73 Å². The van der Waals surface area contributed by atoms with Gasteiger partial charge < -0.3 is 11.1 Å². The summed E-state index contributed by atoms with van der Waals surface area (Å²) in [6.45, 7) is 1.50. The Bertz CT molecular complexity index is 956. The molecule has 3 N–H and O–H groups in total. The molecule has 4 amide bonds. The van der Waals surface area contributed by atoms with Crippen LogP contribution in [0.2, 0.25) is 0 Å². The van der Waals surface area contributed by atoms with Crippen LogP contribution in [0.4, 0.5) is 10.5 Å². The second-order valence-corrected chi connectivity index (χ2v) is 6.32. The third-order valence-corrected chi connectivity index (χ3v) is 4.49. The lowest BCUT2D eigenvalue weighted by Gasteiger charge is -2.22. The molecule has 0 saturated carbocycles. The molecule has 1 heterocycles. The first-order valence-electron chi connectivity index (χ1n) is 8.00. The van der Waals surface area contributed by atoms with Crippen LogP contribution < -0.4 is 11.1 Å². The van der Waals surface area contributed by atoms with Crippen LogP contribution in [0.5, 0.6) is 0 Å². The van der Waals surface area contributed by atoms with Gasteiger partial charge >= 0.3 is 6.03 Å². The molecule has 2 aromatic carbocycles. The maximum absolute atomic E-state index is 12.9. The van der Waals surface area contributed by atoms with Crippen molar-refractivity contribution in [3.8, 4) is 0 Å². The van der Waals surface area contributed by atoms with Crippen LogP contribution in [0.3, 0.4) is 0 Å². The summed E-state index contributed by atoms with van der Waals surface area (Å²) in [6, 6.07) is 11.2. The molecule has 1 atom stereocenters. The average molecular weight is 368 g/mol. The topological polar surface area (TPSA) is 136 Å². The number of urea groups is 1. The van der Waals surface area contributed by atoms with Crippen LogP contribution >= 0.6 is 0 Å². The van der Waals surface area contributed by atoms with Gasteiger partial charge in [0.05, 0.1) is 11.5 Å². The first kappa shape index (κ1) is 18.1. The molecule has 0 radical (unpaired) electrons. The molecule has 27 heavy (non-hydrogen) atoms. The first-order chi connectivity index (χ1) is 12.7. The van der Waals surface area contributed by atoms with Crippen molar-refractivity contribution < 1.29 is 19.3 Å². The third kappa shape index (κ3) is 3.22. The molecule has 1 saturated heterocycles. The number of benzene rings is 2. The number of imide groups is 1. The van der Waals surface area contributed by atoms with Crippen molar-refractivity contribution in [3.63, 3.8) is 0 Å². The molecule has 138 valence electrons. The van der Waals surface area contributed by atoms with Gasteiger partial charge in [-0.1, -0.05) is 24.3 Å². The Morgan fingerprint density at radius 2 is 1.89 bits per heavy atom. The fourth-order valence-corrected chi connectivity index (χ4v) is 2.92. The monoisotopic (exact) mass is 368 g/mol. The second-order valence-electron chi connectivity index (χ2n) is 6.32. The van der Waals surface area contributed by atoms with Gasteiger partial charge in [-0.3, -0.25) is 24.6 Å². The number of primary amides is 1. The molecule has 0 aromatic heterocycles. The molecule has 2 aromatic rings. The van der Waals surface area contributed by atoms with Gasteiger partial charge in [-0.15, -0.1) is 0 Å². The van der Waals surface area contributed by atoms with E-state index in [1.165, 1.54) is 37.3 Å². The number of nitrogens with zero attached hydrogens (tertiary/aromatic N) is 2. The van der Waals surface area contributed by atoms with Crippen LogP contribution in [0, 0.1) is 10.1 Å². The Hall–Kier alpha value is -3.75. The number of nitro benzene ring substituents is 1. The highest BCUT2D eigenvalue weighted by Crippen LogP contribution is 2.31. The Kier molecular flexibility index (Phi) is 4.36. The molecule has 1 aliphatic heterocycles. The van der Waals surface area contributed by atoms with Crippen molar-refractivity contribution in [2.45, 2.75) is 19.0 Å². The van der Waals surface area contributed by atoms with E-state index < -0.39 is 28.3 Å². The third-order valence-electron chi connectivity index (χ3n) is 4.49. The Balaban J connectivity index is 1.87. The number of rotatable bonds is 5. The van der Waals surface area contributed by atoms with E-state index in [1.54, 1.807) is 18.2 Å². The number of carbonyl (C=O) groups is 3. The molecule has 9 heteroatoms. The summed E-state index contributed by atoms with van der Waals surface area (Å²) >= 11 is 0. The number of nitrogens with one attached hydrogen (secondary N) is 1. The van der Waals surface area contributed by atoms with Gasteiger partial charge in [0.1, 0.15) is 5.54 Å². The van der Waals surface area contributed by atoms with E-state index in [0.29, 0.717) is 16.7 Å². The van der Waals surface area contributed by atoms with E-state index >= 15 is 0 Å². The van der Waals surface area contributed by atoms with Crippen LogP contribution in [0.15, 0.2) is 48.5 Å². The normalized spacial score (nSPS) is 19.1. The average Bonchev–Trinajstić information content (AvgIpc) is 2.86. The smallest absolute Gasteiger partial charge is 0.325 e. The predicted octanol–water partition coefficient (Wildman–Crippen LogP) is 1.66. The zero-order chi connectivity index (χ0) is 19.8. The first-order valence-corrected chi connectivity index (χ1v) is 8.00. The van der Waals surface area contributed by atoms with Gasteiger partial charge in [0.15, 0.2) is 0 Å². The number of hydrogen-bond donors (Lipinski definition) is 2. The molecule has 0 spiro atoms. The zero-order valence-electron chi connectivity index (χ0n) is 14.3. The summed E-state index contributed by atoms with van der Waals surface area (Å²) in [4.78, 5) is 47.8. The molecule has 1 aliphatic rings. The minimum atomic E-state index is -1.41. The maximum Gasteiger partial charge on any atom is 0.325 e. The fraction of sp³-hybridized carbons (Fsp3) is 0.167. The number of hydrogen-bond acceptors (Lipinski definition) is 5. The van der Waals surface area contributed by atoms with Crippen molar-refractivity contribution in [2.24, 2.45) is 5.73 Å². The molecule has 1 unspecified atom stereocenters. The van der Waals surface area contributed by atoms with Gasteiger partial charge in [0.2, 0.25) is 5.91 Å². The van der Waals surface area contributed by atoms with Gasteiger partial charge in [0, 0.05) is 17.7 Å². The van der Waals surface area contributed by atoms with Crippen molar-refractivity contribution in [1.82, 2.24) is 10.2 Å². The minimum absolute atomic E-state index is 0.00573. The van der Waals surface area contributed by atoms with Gasteiger partial charge in [-0.25, -0.2) is 4.79 Å². The molecular weight excluding hydrogens is 352 g/mol. The lowest BCUT2D eigenvalue weighted by Crippen LogP contribution is -2.40. The molecule has 9 nitrogen and oxygen atoms in total. The van der Waals surface area contributed by atoms with E-state index in [0.717, 1.165) is 4.90 Å². The summed E-state index contributed by atoms with van der Waals surface area (Å²) in [6.07, 6.45) is 0. The number of amides is 4. The minimum Gasteiger partial charge on any atom is -0.366 e. The Labute approximate surface area is 153 Å². The highest BCUT2D eigenvalue weighted by atomic mass is 16.6. The van der Waals surface area contributed by atoms with Crippen molar-refractivity contribution in [1.29, 1.82) is 0 Å². The number of nitro groups is 1. The molecule has 1 fully saturated rings. The van der Waals surface area contributed by atoms with Crippen molar-refractivity contribution in [3.05, 3.63) is 75.3 Å². The van der Waals surface area contributed by atoms with Gasteiger partial charge in [-0.2, -0.15) is 0 Å². The number of nitrogens with two attached hydrogens (primary N) is 1. The van der Waals surface area contributed by atoms with E-state index in [2.05, 4.69) is 5.32 Å². The molecule has 0 aliphatic carbocycles. The van der Waals surface area contributed by atoms with Crippen LogP contribution in [0.25, 0.3) is 0 Å². The number of carbonyl (C=O) groups excluding carboxylic acids is 3. The summed E-state index contributed by atoms with van der Waals surface area (Å²) in [5.74, 6) is -1.10. The quantitative estimate of drug-likeness (QED) is 0.470. The highest BCUT2D eigenvalue weighted by molar-refractivity contribution is 6.07. The van der Waals surface area contributed by atoms with Crippen LogP contribution in [0.1, 0.15) is 28.4 Å². The van der Waals surface area contributed by atoms with E-state index in [-0.39, 0.29) is 12.2 Å². The summed E-state index contributed by atoms with van der Waals surface area (Å²) in [5.41, 5.74) is 4.88. The SMILES string of the molecule is CC1(c2cccc([N+](=O)[O-])c2)NC(=O)N(Cc2ccc(C(N)=O)cc2)C1=O. The zero-order valence-corrected chi connectivity index (χ0v) is 14.3. The molecule has 0 bridgehead atoms. The lowest BCUT2D eigenvalue weighted by molar-refractivity contribution is -0.385. The molecular formula is C18H16N4O5. The standard InChI is InChI=1S/C18H16N4O5/c1-18(13-3-2-4-14(9-13)22(26)27)16(24)21(17(25)20-18)10-11-5-7-12(8-6-11)15(19)23/h2-9H,10H2,1H3,(H2,19,23)(H,20,25). The van der Waals surface area contributed by atoms with Crippen molar-refractivity contribution in [2.75, 3.05) is 0 Å². The molecule has 3 rings (SSSR count). The van der Waals surface area contributed by atoms with E-state index in [1.807, 2.05) is 0 Å². The van der Waals surface area contributed by atoms with Crippen LogP contribution in [-0.2, 0) is 16.9 Å². The Morgan fingerprint density at radius 3 is 2.48 bits per heavy atom. The van der Waals surface area contributed by atoms with E-state index in [9.17, 15) is 24.5 Å². The summed E-state index contributed by atoms with van der Waals surface area (Å²) < 4.78 is 0. The highest BCUT2D eigenvalue weighted by Gasteiger charge is 2.49.